The second-order valence-electron chi connectivity index (χ2n) is 10.8. The van der Waals surface area contributed by atoms with Gasteiger partial charge in [0.05, 0.1) is 25.4 Å². The third kappa shape index (κ3) is 2.72. The van der Waals surface area contributed by atoms with Crippen molar-refractivity contribution >= 4 is 0 Å². The summed E-state index contributed by atoms with van der Waals surface area (Å²) in [5.74, 6) is 3.06. The summed E-state index contributed by atoms with van der Waals surface area (Å²) in [4.78, 5) is 0. The Morgan fingerprint density at radius 3 is 2.75 bits per heavy atom. The molecule has 0 aromatic rings. The van der Waals surface area contributed by atoms with Crippen LogP contribution in [-0.2, 0) is 4.74 Å². The van der Waals surface area contributed by atoms with Gasteiger partial charge in [-0.2, -0.15) is 0 Å². The number of ether oxygens (including phenoxy) is 1. The van der Waals surface area contributed by atoms with Gasteiger partial charge in [-0.25, -0.2) is 0 Å². The number of hydrogen-bond acceptors (Lipinski definition) is 3. The molecule has 2 N–H and O–H groups in total. The predicted octanol–water partition coefficient (Wildman–Crippen LogP) is 4.47. The Balaban J connectivity index is 1.48. The van der Waals surface area contributed by atoms with Crippen molar-refractivity contribution in [1.29, 1.82) is 0 Å². The van der Waals surface area contributed by atoms with E-state index in [1.807, 2.05) is 0 Å². The third-order valence-electron chi connectivity index (χ3n) is 9.66. The van der Waals surface area contributed by atoms with Gasteiger partial charge >= 0.3 is 0 Å². The minimum atomic E-state index is -0.112. The minimum Gasteiger partial charge on any atom is -0.393 e. The van der Waals surface area contributed by atoms with E-state index in [9.17, 15) is 5.11 Å². The van der Waals surface area contributed by atoms with E-state index in [0.717, 1.165) is 50.4 Å². The quantitative estimate of drug-likeness (QED) is 0.689. The first-order valence-corrected chi connectivity index (χ1v) is 11.9. The van der Waals surface area contributed by atoms with Gasteiger partial charge in [0.2, 0.25) is 0 Å². The van der Waals surface area contributed by atoms with E-state index in [1.54, 1.807) is 11.1 Å². The van der Waals surface area contributed by atoms with Crippen molar-refractivity contribution in [3.63, 3.8) is 0 Å². The molecule has 28 heavy (non-hydrogen) atoms. The minimum absolute atomic E-state index is 0.112. The normalized spacial score (nSPS) is 50.9. The lowest BCUT2D eigenvalue weighted by Gasteiger charge is -2.60. The van der Waals surface area contributed by atoms with Crippen LogP contribution in [0, 0.1) is 34.5 Å². The van der Waals surface area contributed by atoms with Crippen LogP contribution in [-0.4, -0.2) is 37.0 Å². The molecule has 0 aromatic heterocycles. The van der Waals surface area contributed by atoms with Crippen LogP contribution in [0.15, 0.2) is 23.3 Å². The lowest BCUT2D eigenvalue weighted by molar-refractivity contribution is -0.0548. The highest BCUT2D eigenvalue weighted by Gasteiger charge is 2.59. The molecule has 156 valence electrons. The van der Waals surface area contributed by atoms with Gasteiger partial charge in [-0.1, -0.05) is 38.5 Å². The summed E-state index contributed by atoms with van der Waals surface area (Å²) in [6.07, 6.45) is 13.4. The molecular weight excluding hydrogens is 346 g/mol. The maximum absolute atomic E-state index is 10.3. The first kappa shape index (κ1) is 19.3. The molecule has 3 fully saturated rings. The van der Waals surface area contributed by atoms with Crippen LogP contribution in [0.3, 0.4) is 0 Å². The molecule has 0 spiro atoms. The number of rotatable bonds is 2. The molecule has 2 saturated carbocycles. The molecule has 1 saturated heterocycles. The summed E-state index contributed by atoms with van der Waals surface area (Å²) >= 11 is 0. The van der Waals surface area contributed by atoms with Gasteiger partial charge in [-0.3, -0.25) is 0 Å². The van der Waals surface area contributed by atoms with Crippen LogP contribution < -0.4 is 5.32 Å². The molecule has 3 nitrogen and oxygen atoms in total. The fraction of sp³-hybridized carbons (Fsp3) is 0.840. The van der Waals surface area contributed by atoms with Crippen LogP contribution >= 0.6 is 0 Å². The topological polar surface area (TPSA) is 41.5 Å². The maximum atomic E-state index is 10.3. The fourth-order valence-electron chi connectivity index (χ4n) is 8.10. The van der Waals surface area contributed by atoms with Crippen molar-refractivity contribution in [2.75, 3.05) is 19.8 Å². The molecule has 0 amide bonds. The van der Waals surface area contributed by atoms with E-state index in [-0.39, 0.29) is 6.10 Å². The summed E-state index contributed by atoms with van der Waals surface area (Å²) in [6, 6.07) is 0.426. The second-order valence-corrected chi connectivity index (χ2v) is 10.8. The van der Waals surface area contributed by atoms with E-state index < -0.39 is 0 Å². The summed E-state index contributed by atoms with van der Waals surface area (Å²) in [7, 11) is 0. The van der Waals surface area contributed by atoms with Gasteiger partial charge in [0.25, 0.3) is 0 Å². The first-order chi connectivity index (χ1) is 13.5. The van der Waals surface area contributed by atoms with Gasteiger partial charge in [-0.05, 0) is 85.0 Å². The Morgan fingerprint density at radius 1 is 1.18 bits per heavy atom. The van der Waals surface area contributed by atoms with E-state index in [0.29, 0.717) is 22.8 Å². The molecular formula is C25H39NO2. The van der Waals surface area contributed by atoms with Gasteiger partial charge < -0.3 is 15.2 Å². The van der Waals surface area contributed by atoms with Gasteiger partial charge in [0.15, 0.2) is 0 Å². The van der Waals surface area contributed by atoms with E-state index in [4.69, 9.17) is 4.74 Å². The molecule has 0 radical (unpaired) electrons. The second kappa shape index (κ2) is 6.96. The van der Waals surface area contributed by atoms with E-state index >= 15 is 0 Å². The Bertz CT molecular complexity index is 678. The van der Waals surface area contributed by atoms with Gasteiger partial charge in [0.1, 0.15) is 0 Å². The van der Waals surface area contributed by atoms with Crippen molar-refractivity contribution < 1.29 is 9.84 Å². The maximum Gasteiger partial charge on any atom is 0.0659 e. The average molecular weight is 386 g/mol. The van der Waals surface area contributed by atoms with Crippen molar-refractivity contribution in [3.8, 4) is 0 Å². The van der Waals surface area contributed by atoms with Crippen LogP contribution in [0.5, 0.6) is 0 Å². The van der Waals surface area contributed by atoms with E-state index in [1.165, 1.54) is 32.1 Å². The van der Waals surface area contributed by atoms with Crippen molar-refractivity contribution in [1.82, 2.24) is 5.32 Å². The molecule has 1 aliphatic heterocycles. The molecule has 1 heterocycles. The SMILES string of the molecule is CC[C@@H]1C=C2C[C@@H](O)CC[C@]2(C)[C@H]2CC[C@]3(C)C(C4COCCN4)=CC[C@H]3[C@H]12. The smallest absolute Gasteiger partial charge is 0.0659 e. The molecule has 1 unspecified atom stereocenters. The fourth-order valence-corrected chi connectivity index (χ4v) is 8.10. The number of fused-ring (bicyclic) bond motifs is 5. The molecule has 4 aliphatic carbocycles. The molecule has 5 rings (SSSR count). The highest BCUT2D eigenvalue weighted by atomic mass is 16.5. The van der Waals surface area contributed by atoms with Crippen LogP contribution in [0.4, 0.5) is 0 Å². The van der Waals surface area contributed by atoms with Crippen LogP contribution in [0.2, 0.25) is 0 Å². The summed E-state index contributed by atoms with van der Waals surface area (Å²) in [5.41, 5.74) is 3.91. The highest BCUT2D eigenvalue weighted by molar-refractivity contribution is 5.33. The Morgan fingerprint density at radius 2 is 2.00 bits per heavy atom. The largest absolute Gasteiger partial charge is 0.393 e. The lowest BCUT2D eigenvalue weighted by atomic mass is 9.45. The van der Waals surface area contributed by atoms with Crippen molar-refractivity contribution in [3.05, 3.63) is 23.3 Å². The Kier molecular flexibility index (Phi) is 4.80. The Hall–Kier alpha value is -0.640. The monoisotopic (exact) mass is 385 g/mol. The zero-order valence-corrected chi connectivity index (χ0v) is 18.0. The van der Waals surface area contributed by atoms with Crippen molar-refractivity contribution in [2.45, 2.75) is 77.9 Å². The molecule has 0 aromatic carbocycles. The molecule has 8 atom stereocenters. The number of morpholine rings is 1. The number of nitrogens with one attached hydrogen (secondary N) is 1. The summed E-state index contributed by atoms with van der Waals surface area (Å²) < 4.78 is 5.83. The van der Waals surface area contributed by atoms with Gasteiger partial charge in [-0.15, -0.1) is 0 Å². The highest BCUT2D eigenvalue weighted by Crippen LogP contribution is 2.66. The molecule has 5 aliphatic rings. The van der Waals surface area contributed by atoms with Crippen LogP contribution in [0.1, 0.15) is 65.7 Å². The zero-order valence-electron chi connectivity index (χ0n) is 18.0. The molecule has 3 heteroatoms. The molecule has 0 bridgehead atoms. The summed E-state index contributed by atoms with van der Waals surface area (Å²) in [6.45, 7) is 10.2. The average Bonchev–Trinajstić information content (AvgIpc) is 3.06. The standard InChI is InChI=1S/C25H39NO2/c1-4-16-13-17-14-18(27)7-9-24(17,2)21-8-10-25(3)19(5-6-20(25)23(16)21)22-15-28-12-11-26-22/h5,13,16,18,20-23,26-27H,4,6-12,14-15H2,1-3H3/t16-,18+,20+,21+,22?,23+,24+,25-/m1/s1. The first-order valence-electron chi connectivity index (χ1n) is 11.9. The zero-order chi connectivity index (χ0) is 19.5. The number of hydrogen-bond donors (Lipinski definition) is 2. The number of aliphatic hydroxyl groups is 1. The van der Waals surface area contributed by atoms with E-state index in [2.05, 4.69) is 38.2 Å². The van der Waals surface area contributed by atoms with Crippen LogP contribution in [0.25, 0.3) is 0 Å². The predicted molar refractivity (Wildman–Crippen MR) is 113 cm³/mol. The number of allylic oxidation sites excluding steroid dienone is 2. The third-order valence-corrected chi connectivity index (χ3v) is 9.66. The Labute approximate surface area is 171 Å². The summed E-state index contributed by atoms with van der Waals surface area (Å²) in [5, 5.41) is 14.1. The van der Waals surface area contributed by atoms with Gasteiger partial charge in [0, 0.05) is 6.54 Å². The van der Waals surface area contributed by atoms with Crippen molar-refractivity contribution in [2.24, 2.45) is 34.5 Å². The lowest BCUT2D eigenvalue weighted by Crippen LogP contribution is -2.54. The number of aliphatic hydroxyl groups excluding tert-OH is 1.